The Labute approximate surface area is 321 Å². The first-order chi connectivity index (χ1) is 25.7. The molecule has 54 heavy (non-hydrogen) atoms. The topological polar surface area (TPSA) is 145 Å². The summed E-state index contributed by atoms with van der Waals surface area (Å²) < 4.78 is 42.0. The molecule has 15 heteroatoms. The second-order valence-corrected chi connectivity index (χ2v) is 17.8. The highest BCUT2D eigenvalue weighted by atomic mass is 35.5. The Bertz CT molecular complexity index is 2120. The van der Waals surface area contributed by atoms with Gasteiger partial charge in [-0.2, -0.15) is 5.10 Å². The van der Waals surface area contributed by atoms with Gasteiger partial charge in [-0.15, -0.1) is 4.36 Å². The molecule has 2 aromatic carbocycles. The fourth-order valence-electron chi connectivity index (χ4n) is 7.89. The van der Waals surface area contributed by atoms with Gasteiger partial charge in [0.15, 0.2) is 9.92 Å². The quantitative estimate of drug-likeness (QED) is 0.331. The number of rotatable bonds is 3. The molecule has 1 aromatic heterocycles. The number of hydrogen-bond acceptors (Lipinski definition) is 9. The van der Waals surface area contributed by atoms with E-state index in [1.807, 2.05) is 18.2 Å². The van der Waals surface area contributed by atoms with Gasteiger partial charge in [-0.05, 0) is 99.4 Å². The van der Waals surface area contributed by atoms with Gasteiger partial charge in [-0.3, -0.25) is 19.0 Å². The highest BCUT2D eigenvalue weighted by Gasteiger charge is 2.45. The second kappa shape index (κ2) is 14.7. The molecular formula is C39H47ClN6O7S. The number of hydrogen-bond donors (Lipinski definition) is 1. The van der Waals surface area contributed by atoms with Gasteiger partial charge >= 0.3 is 6.09 Å². The Balaban J connectivity index is 1.37. The number of halogens is 1. The lowest BCUT2D eigenvalue weighted by Crippen LogP contribution is -2.50. The molecule has 2 aliphatic heterocycles. The van der Waals surface area contributed by atoms with E-state index in [9.17, 15) is 14.4 Å². The summed E-state index contributed by atoms with van der Waals surface area (Å²) in [7, 11) is 1.03. The standard InChI is InChI=1S/C39H47ClN6O7S/c1-38(2)36(48)43-54(50,42-35(47)27-20-41-45(5)21-27)29-12-15-34-32(19-29)46(23-39(24-51-34)16-6-8-25-18-28(40)11-14-31(25)39)22-26-10-13-30(26)33(9-7-17-52-38)53-37(49)44(3)4/h7,9,11-12,14-15,18-21,26,30,33H,6,8,10,13,16-17,22-24H2,1-5H3,(H,42,43,47,48,50)/b9-7+/t26-,30+,33-,39-,54?/m0/s1. The van der Waals surface area contributed by atoms with Crippen LogP contribution in [0.4, 0.5) is 10.5 Å². The van der Waals surface area contributed by atoms with E-state index in [1.165, 1.54) is 46.9 Å². The third-order valence-corrected chi connectivity index (χ3v) is 13.1. The minimum atomic E-state index is -3.93. The fourth-order valence-corrected chi connectivity index (χ4v) is 9.70. The molecule has 1 saturated carbocycles. The molecule has 0 radical (unpaired) electrons. The lowest BCUT2D eigenvalue weighted by Gasteiger charge is -2.46. The van der Waals surface area contributed by atoms with Gasteiger partial charge in [0.25, 0.3) is 11.8 Å². The van der Waals surface area contributed by atoms with Crippen molar-refractivity contribution in [3.8, 4) is 5.75 Å². The molecule has 1 N–H and O–H groups in total. The summed E-state index contributed by atoms with van der Waals surface area (Å²) in [6.07, 6.45) is 9.96. The van der Waals surface area contributed by atoms with Crippen molar-refractivity contribution in [2.75, 3.05) is 45.3 Å². The lowest BCUT2D eigenvalue weighted by molar-refractivity contribution is -0.137. The number of amides is 3. The van der Waals surface area contributed by atoms with Crippen molar-refractivity contribution in [1.82, 2.24) is 19.4 Å². The Morgan fingerprint density at radius 3 is 2.69 bits per heavy atom. The maximum absolute atomic E-state index is 15.1. The Morgan fingerprint density at radius 2 is 1.96 bits per heavy atom. The molecular weight excluding hydrogens is 732 g/mol. The molecule has 5 atom stereocenters. The average molecular weight is 779 g/mol. The molecule has 1 unspecified atom stereocenters. The van der Waals surface area contributed by atoms with Crippen molar-refractivity contribution in [2.45, 2.75) is 68.0 Å². The Hall–Kier alpha value is -4.40. The highest BCUT2D eigenvalue weighted by molar-refractivity contribution is 7.92. The fraction of sp³-hybridized carbons (Fsp3) is 0.487. The van der Waals surface area contributed by atoms with Gasteiger partial charge < -0.3 is 24.0 Å². The van der Waals surface area contributed by atoms with Crippen LogP contribution in [-0.2, 0) is 43.1 Å². The Morgan fingerprint density at radius 1 is 1.15 bits per heavy atom. The van der Waals surface area contributed by atoms with E-state index >= 15 is 4.21 Å². The number of carbonyl (C=O) groups excluding carboxylic acids is 3. The normalized spacial score (nSPS) is 28.2. The van der Waals surface area contributed by atoms with Gasteiger partial charge in [0.2, 0.25) is 0 Å². The maximum atomic E-state index is 15.1. The lowest BCUT2D eigenvalue weighted by atomic mass is 9.68. The predicted molar refractivity (Wildman–Crippen MR) is 204 cm³/mol. The number of fused-ring (bicyclic) bond motifs is 4. The SMILES string of the molecule is CN(C)C(=O)O[C@H]1/C=C/COC(C)(C)C(=O)N=S(=O)(NC(=O)c2cnn(C)c2)c2ccc3c(c2)N(C[C@@H]2CC[C@H]21)C[C@@]1(CCCc2cc(Cl)ccc21)CO3. The molecule has 4 aliphatic rings. The summed E-state index contributed by atoms with van der Waals surface area (Å²) >= 11 is 6.48. The predicted octanol–water partition coefficient (Wildman–Crippen LogP) is 5.70. The molecule has 3 heterocycles. The average Bonchev–Trinajstić information content (AvgIpc) is 3.49. The van der Waals surface area contributed by atoms with Crippen LogP contribution < -0.4 is 14.4 Å². The van der Waals surface area contributed by atoms with Crippen LogP contribution in [0.2, 0.25) is 5.02 Å². The molecule has 288 valence electrons. The molecule has 2 aliphatic carbocycles. The van der Waals surface area contributed by atoms with Crippen LogP contribution in [0, 0.1) is 11.8 Å². The van der Waals surface area contributed by atoms with Gasteiger partial charge in [-0.1, -0.05) is 23.7 Å². The van der Waals surface area contributed by atoms with E-state index in [-0.39, 0.29) is 34.3 Å². The van der Waals surface area contributed by atoms with Crippen molar-refractivity contribution in [1.29, 1.82) is 0 Å². The monoisotopic (exact) mass is 778 g/mol. The molecule has 0 saturated heterocycles. The molecule has 3 amide bonds. The van der Waals surface area contributed by atoms with E-state index in [0.717, 1.165) is 32.1 Å². The van der Waals surface area contributed by atoms with Gasteiger partial charge in [-0.25, -0.2) is 9.00 Å². The summed E-state index contributed by atoms with van der Waals surface area (Å²) in [6, 6.07) is 11.1. The summed E-state index contributed by atoms with van der Waals surface area (Å²) in [5, 5.41) is 4.77. The van der Waals surface area contributed by atoms with E-state index in [2.05, 4.69) is 25.1 Å². The van der Waals surface area contributed by atoms with Gasteiger partial charge in [0, 0.05) is 56.8 Å². The zero-order chi connectivity index (χ0) is 38.4. The van der Waals surface area contributed by atoms with Crippen LogP contribution >= 0.6 is 11.6 Å². The van der Waals surface area contributed by atoms with E-state index < -0.39 is 39.5 Å². The Kier molecular flexibility index (Phi) is 10.3. The summed E-state index contributed by atoms with van der Waals surface area (Å²) in [5.74, 6) is -0.806. The first-order valence-electron chi connectivity index (χ1n) is 18.3. The van der Waals surface area contributed by atoms with Crippen LogP contribution in [0.3, 0.4) is 0 Å². The minimum Gasteiger partial charge on any atom is -0.490 e. The van der Waals surface area contributed by atoms with Crippen molar-refractivity contribution in [3.05, 3.63) is 82.7 Å². The van der Waals surface area contributed by atoms with Crippen LogP contribution in [0.25, 0.3) is 0 Å². The first kappa shape index (κ1) is 37.9. The number of aryl methyl sites for hydroxylation is 2. The van der Waals surface area contributed by atoms with Crippen LogP contribution in [0.1, 0.15) is 61.0 Å². The smallest absolute Gasteiger partial charge is 0.409 e. The van der Waals surface area contributed by atoms with Crippen LogP contribution in [0.15, 0.2) is 70.2 Å². The molecule has 1 fully saturated rings. The number of nitrogens with one attached hydrogen (secondary N) is 1. The minimum absolute atomic E-state index is 0.000843. The van der Waals surface area contributed by atoms with E-state index in [0.29, 0.717) is 36.2 Å². The molecule has 13 nitrogen and oxygen atoms in total. The van der Waals surface area contributed by atoms with Crippen molar-refractivity contribution in [3.63, 3.8) is 0 Å². The summed E-state index contributed by atoms with van der Waals surface area (Å²) in [4.78, 5) is 44.1. The van der Waals surface area contributed by atoms with E-state index in [4.69, 9.17) is 25.8 Å². The first-order valence-corrected chi connectivity index (χ1v) is 20.2. The number of aromatic nitrogens is 2. The molecule has 1 spiro atoms. The number of ether oxygens (including phenoxy) is 3. The van der Waals surface area contributed by atoms with Crippen molar-refractivity contribution < 1.29 is 32.8 Å². The molecule has 7 rings (SSSR count). The van der Waals surface area contributed by atoms with Crippen LogP contribution in [-0.4, -0.2) is 88.9 Å². The highest BCUT2D eigenvalue weighted by Crippen LogP contribution is 2.47. The van der Waals surface area contributed by atoms with E-state index in [1.54, 1.807) is 45.4 Å². The van der Waals surface area contributed by atoms with Crippen molar-refractivity contribution >= 4 is 45.1 Å². The molecule has 2 bridgehead atoms. The zero-order valence-electron chi connectivity index (χ0n) is 31.2. The number of benzene rings is 2. The molecule has 3 aromatic rings. The third-order valence-electron chi connectivity index (χ3n) is 11.1. The van der Waals surface area contributed by atoms with Gasteiger partial charge in [0.05, 0.1) is 35.6 Å². The third kappa shape index (κ3) is 7.47. The van der Waals surface area contributed by atoms with Crippen molar-refractivity contribution in [2.24, 2.45) is 23.2 Å². The van der Waals surface area contributed by atoms with Gasteiger partial charge in [0.1, 0.15) is 17.5 Å². The number of carbonyl (C=O) groups is 3. The summed E-state index contributed by atoms with van der Waals surface area (Å²) in [5.41, 5.74) is 1.31. The zero-order valence-corrected chi connectivity index (χ0v) is 32.8. The second-order valence-electron chi connectivity index (χ2n) is 15.5. The maximum Gasteiger partial charge on any atom is 0.409 e. The number of nitrogens with zero attached hydrogens (tertiary/aromatic N) is 5. The summed E-state index contributed by atoms with van der Waals surface area (Å²) in [6.45, 7) is 4.64. The van der Waals surface area contributed by atoms with Crippen LogP contribution in [0.5, 0.6) is 5.75 Å². The largest absolute Gasteiger partial charge is 0.490 e. The number of anilines is 1.